The van der Waals surface area contributed by atoms with Crippen LogP contribution in [0.5, 0.6) is 0 Å². The summed E-state index contributed by atoms with van der Waals surface area (Å²) in [5.41, 5.74) is 2.33. The zero-order chi connectivity index (χ0) is 14.7. The standard InChI is InChI=1S/C16H11N3OS/c1-11-5-2-3-7-14(11)15-18-16(20-19-15)12(10-17)9-13-6-4-8-21-13/h2-9H,1H3. The first-order chi connectivity index (χ1) is 10.3. The van der Waals surface area contributed by atoms with Crippen molar-refractivity contribution >= 4 is 23.0 Å². The molecule has 0 unspecified atom stereocenters. The normalized spacial score (nSPS) is 11.3. The number of nitriles is 1. The second-order valence-corrected chi connectivity index (χ2v) is 5.40. The van der Waals surface area contributed by atoms with Gasteiger partial charge < -0.3 is 4.52 Å². The minimum atomic E-state index is 0.240. The zero-order valence-electron chi connectivity index (χ0n) is 11.3. The first kappa shape index (κ1) is 13.3. The van der Waals surface area contributed by atoms with Crippen LogP contribution < -0.4 is 0 Å². The van der Waals surface area contributed by atoms with Crippen molar-refractivity contribution in [3.63, 3.8) is 0 Å². The molecule has 21 heavy (non-hydrogen) atoms. The molecule has 0 saturated carbocycles. The minimum absolute atomic E-state index is 0.240. The van der Waals surface area contributed by atoms with Gasteiger partial charge in [-0.2, -0.15) is 10.2 Å². The van der Waals surface area contributed by atoms with Gasteiger partial charge in [-0.05, 0) is 30.0 Å². The van der Waals surface area contributed by atoms with Crippen molar-refractivity contribution in [1.82, 2.24) is 10.1 Å². The van der Waals surface area contributed by atoms with E-state index in [1.165, 1.54) is 0 Å². The predicted molar refractivity (Wildman–Crippen MR) is 82.3 cm³/mol. The maximum atomic E-state index is 9.27. The topological polar surface area (TPSA) is 62.7 Å². The number of nitrogens with zero attached hydrogens (tertiary/aromatic N) is 3. The molecule has 0 bridgehead atoms. The number of aryl methyl sites for hydroxylation is 1. The summed E-state index contributed by atoms with van der Waals surface area (Å²) in [6.45, 7) is 1.98. The van der Waals surface area contributed by atoms with E-state index in [1.54, 1.807) is 17.4 Å². The lowest BCUT2D eigenvalue weighted by Crippen LogP contribution is -1.86. The fourth-order valence-corrected chi connectivity index (χ4v) is 2.58. The number of thiophene rings is 1. The minimum Gasteiger partial charge on any atom is -0.333 e. The second kappa shape index (κ2) is 5.73. The third-order valence-electron chi connectivity index (χ3n) is 2.99. The van der Waals surface area contributed by atoms with Crippen LogP contribution in [0.1, 0.15) is 16.3 Å². The Labute approximate surface area is 126 Å². The molecule has 3 rings (SSSR count). The molecule has 0 fully saturated rings. The Morgan fingerprint density at radius 1 is 1.29 bits per heavy atom. The number of hydrogen-bond acceptors (Lipinski definition) is 5. The summed E-state index contributed by atoms with van der Waals surface area (Å²) in [7, 11) is 0. The van der Waals surface area contributed by atoms with Gasteiger partial charge in [0.25, 0.3) is 5.89 Å². The quantitative estimate of drug-likeness (QED) is 0.680. The Morgan fingerprint density at radius 3 is 2.86 bits per heavy atom. The van der Waals surface area contributed by atoms with E-state index in [4.69, 9.17) is 4.52 Å². The van der Waals surface area contributed by atoms with Crippen LogP contribution in [0.4, 0.5) is 0 Å². The van der Waals surface area contributed by atoms with Crippen LogP contribution in [0.3, 0.4) is 0 Å². The molecular weight excluding hydrogens is 282 g/mol. The Balaban J connectivity index is 1.98. The van der Waals surface area contributed by atoms with Gasteiger partial charge in [-0.3, -0.25) is 0 Å². The molecule has 0 amide bonds. The van der Waals surface area contributed by atoms with Gasteiger partial charge in [0.15, 0.2) is 0 Å². The van der Waals surface area contributed by atoms with Crippen LogP contribution >= 0.6 is 11.3 Å². The molecule has 0 aliphatic carbocycles. The highest BCUT2D eigenvalue weighted by Gasteiger charge is 2.14. The molecule has 102 valence electrons. The van der Waals surface area contributed by atoms with Crippen LogP contribution in [0.15, 0.2) is 46.3 Å². The number of benzene rings is 1. The Bertz CT molecular complexity index is 825. The van der Waals surface area contributed by atoms with Crippen molar-refractivity contribution in [2.75, 3.05) is 0 Å². The van der Waals surface area contributed by atoms with E-state index in [9.17, 15) is 5.26 Å². The molecule has 3 aromatic rings. The highest BCUT2D eigenvalue weighted by atomic mass is 32.1. The maximum Gasteiger partial charge on any atom is 0.268 e. The zero-order valence-corrected chi connectivity index (χ0v) is 12.1. The first-order valence-corrected chi connectivity index (χ1v) is 7.21. The van der Waals surface area contributed by atoms with Crippen molar-refractivity contribution in [3.05, 3.63) is 58.1 Å². The summed E-state index contributed by atoms with van der Waals surface area (Å²) in [6, 6.07) is 13.8. The molecule has 0 aliphatic heterocycles. The highest BCUT2D eigenvalue weighted by Crippen LogP contribution is 2.24. The van der Waals surface area contributed by atoms with Crippen molar-refractivity contribution in [2.45, 2.75) is 6.92 Å². The third kappa shape index (κ3) is 2.76. The van der Waals surface area contributed by atoms with E-state index >= 15 is 0 Å². The van der Waals surface area contributed by atoms with Gasteiger partial charge in [-0.15, -0.1) is 11.3 Å². The van der Waals surface area contributed by atoms with Gasteiger partial charge in [0.2, 0.25) is 5.82 Å². The second-order valence-electron chi connectivity index (χ2n) is 4.42. The highest BCUT2D eigenvalue weighted by molar-refractivity contribution is 7.10. The van der Waals surface area contributed by atoms with Gasteiger partial charge in [0.1, 0.15) is 11.6 Å². The van der Waals surface area contributed by atoms with Crippen LogP contribution in [-0.4, -0.2) is 10.1 Å². The van der Waals surface area contributed by atoms with E-state index in [2.05, 4.69) is 16.2 Å². The lowest BCUT2D eigenvalue weighted by Gasteiger charge is -1.97. The predicted octanol–water partition coefficient (Wildman–Crippen LogP) is 4.17. The van der Waals surface area contributed by atoms with Crippen LogP contribution in [0.25, 0.3) is 23.0 Å². The summed E-state index contributed by atoms with van der Waals surface area (Å²) < 4.78 is 5.23. The number of hydrogen-bond donors (Lipinski definition) is 0. The van der Waals surface area contributed by atoms with Crippen LogP contribution in [0, 0.1) is 18.3 Å². The average Bonchev–Trinajstić information content (AvgIpc) is 3.17. The Morgan fingerprint density at radius 2 is 2.14 bits per heavy atom. The fourth-order valence-electron chi connectivity index (χ4n) is 1.92. The van der Waals surface area contributed by atoms with Crippen LogP contribution in [-0.2, 0) is 0 Å². The molecule has 0 spiro atoms. The van der Waals surface area contributed by atoms with Gasteiger partial charge >= 0.3 is 0 Å². The summed E-state index contributed by atoms with van der Waals surface area (Å²) in [5, 5.41) is 15.2. The van der Waals surface area contributed by atoms with E-state index in [-0.39, 0.29) is 5.89 Å². The molecule has 2 heterocycles. The van der Waals surface area contributed by atoms with Crippen molar-refractivity contribution in [1.29, 1.82) is 5.26 Å². The third-order valence-corrected chi connectivity index (χ3v) is 3.81. The number of rotatable bonds is 3. The van der Waals surface area contributed by atoms with Gasteiger partial charge in [-0.25, -0.2) is 0 Å². The van der Waals surface area contributed by atoms with E-state index in [0.717, 1.165) is 16.0 Å². The molecule has 4 nitrogen and oxygen atoms in total. The molecule has 0 aliphatic rings. The summed E-state index contributed by atoms with van der Waals surface area (Å²) in [6.07, 6.45) is 1.75. The molecule has 0 atom stereocenters. The lowest BCUT2D eigenvalue weighted by atomic mass is 10.1. The van der Waals surface area contributed by atoms with Crippen molar-refractivity contribution in [3.8, 4) is 17.5 Å². The average molecular weight is 293 g/mol. The number of aromatic nitrogens is 2. The van der Waals surface area contributed by atoms with E-state index < -0.39 is 0 Å². The summed E-state index contributed by atoms with van der Waals surface area (Å²) in [4.78, 5) is 5.30. The number of allylic oxidation sites excluding steroid dienone is 1. The molecule has 1 aromatic carbocycles. The van der Waals surface area contributed by atoms with Gasteiger partial charge in [-0.1, -0.05) is 35.5 Å². The molecule has 0 radical (unpaired) electrons. The van der Waals surface area contributed by atoms with Crippen molar-refractivity contribution in [2.24, 2.45) is 0 Å². The Kier molecular flexibility index (Phi) is 3.63. The first-order valence-electron chi connectivity index (χ1n) is 6.33. The fraction of sp³-hybridized carbons (Fsp3) is 0.0625. The molecule has 5 heteroatoms. The SMILES string of the molecule is Cc1ccccc1-c1noc(C(C#N)=Cc2cccs2)n1. The molecule has 2 aromatic heterocycles. The largest absolute Gasteiger partial charge is 0.333 e. The van der Waals surface area contributed by atoms with E-state index in [0.29, 0.717) is 11.4 Å². The molecule has 0 saturated heterocycles. The lowest BCUT2D eigenvalue weighted by molar-refractivity contribution is 0.409. The monoisotopic (exact) mass is 293 g/mol. The molecule has 0 N–H and O–H groups in total. The van der Waals surface area contributed by atoms with Gasteiger partial charge in [0.05, 0.1) is 0 Å². The summed E-state index contributed by atoms with van der Waals surface area (Å²) in [5.74, 6) is 0.736. The smallest absolute Gasteiger partial charge is 0.268 e. The summed E-state index contributed by atoms with van der Waals surface area (Å²) >= 11 is 1.55. The van der Waals surface area contributed by atoms with E-state index in [1.807, 2.05) is 48.7 Å². The molecular formula is C16H11N3OS. The Hall–Kier alpha value is -2.71. The maximum absolute atomic E-state index is 9.27. The van der Waals surface area contributed by atoms with Crippen LogP contribution in [0.2, 0.25) is 0 Å². The van der Waals surface area contributed by atoms with Crippen molar-refractivity contribution < 1.29 is 4.52 Å². The van der Waals surface area contributed by atoms with Gasteiger partial charge in [0, 0.05) is 10.4 Å².